The fourth-order valence-corrected chi connectivity index (χ4v) is 9.05. The predicted octanol–water partition coefficient (Wildman–Crippen LogP) is 6.10. The molecule has 39 heavy (non-hydrogen) atoms. The largest absolute Gasteiger partial charge is 0.414 e. The Labute approximate surface area is 239 Å². The zero-order valence-electron chi connectivity index (χ0n) is 25.9. The Kier molecular flexibility index (Phi) is 13.8. The Balaban J connectivity index is 2.32. The van der Waals surface area contributed by atoms with E-state index in [4.69, 9.17) is 23.1 Å². The molecule has 0 heterocycles. The lowest BCUT2D eigenvalue weighted by Gasteiger charge is -2.47. The fourth-order valence-electron chi connectivity index (χ4n) is 5.13. The number of aliphatic hydroxyl groups excluding tert-OH is 2. The first kappa shape index (κ1) is 34.6. The molecule has 0 saturated heterocycles. The maximum absolute atomic E-state index is 11.7. The molecule has 0 aromatic heterocycles. The Morgan fingerprint density at radius 3 is 2.10 bits per heavy atom. The number of hydrogen-bond acceptors (Lipinski definition) is 7. The lowest BCUT2D eigenvalue weighted by atomic mass is 9.78. The molecule has 2 N–H and O–H groups in total. The summed E-state index contributed by atoms with van der Waals surface area (Å²) in [5.41, 5.74) is 1.10. The molecule has 9 heteroatoms. The third-order valence-electron chi connectivity index (χ3n) is 9.12. The molecule has 1 aliphatic carbocycles. The minimum absolute atomic E-state index is 0.0121. The second-order valence-corrected chi connectivity index (χ2v) is 22.2. The lowest BCUT2D eigenvalue weighted by Crippen LogP contribution is -2.57. The summed E-state index contributed by atoms with van der Waals surface area (Å²) in [5, 5.41) is 22.9. The van der Waals surface area contributed by atoms with Gasteiger partial charge in [-0.1, -0.05) is 71.9 Å². The van der Waals surface area contributed by atoms with Crippen LogP contribution in [0.5, 0.6) is 0 Å². The Morgan fingerprint density at radius 2 is 1.56 bits per heavy atom. The van der Waals surface area contributed by atoms with Crippen LogP contribution in [-0.4, -0.2) is 77.9 Å². The van der Waals surface area contributed by atoms with Gasteiger partial charge in [0, 0.05) is 19.4 Å². The number of ether oxygens (including phenoxy) is 3. The summed E-state index contributed by atoms with van der Waals surface area (Å²) < 4.78 is 31.2. The second kappa shape index (κ2) is 15.6. The Hall–Kier alpha value is -0.626. The van der Waals surface area contributed by atoms with Gasteiger partial charge in [-0.25, -0.2) is 0 Å². The molecule has 7 nitrogen and oxygen atoms in total. The van der Waals surface area contributed by atoms with Crippen molar-refractivity contribution in [3.8, 4) is 0 Å². The van der Waals surface area contributed by atoms with Gasteiger partial charge in [0.15, 0.2) is 16.6 Å². The van der Waals surface area contributed by atoms with Crippen molar-refractivity contribution in [2.24, 2.45) is 5.92 Å². The number of hydrogen-bond donors (Lipinski definition) is 2. The number of aliphatic hydroxyl groups is 2. The number of methoxy groups -OCH3 is 1. The molecule has 1 aromatic carbocycles. The van der Waals surface area contributed by atoms with Crippen LogP contribution in [0.15, 0.2) is 30.3 Å². The highest BCUT2D eigenvalue weighted by Gasteiger charge is 2.48. The van der Waals surface area contributed by atoms with E-state index in [0.29, 0.717) is 19.4 Å². The molecule has 1 saturated carbocycles. The van der Waals surface area contributed by atoms with Crippen LogP contribution in [0.3, 0.4) is 0 Å². The maximum Gasteiger partial charge on any atom is 0.192 e. The van der Waals surface area contributed by atoms with Gasteiger partial charge >= 0.3 is 0 Å². The molecule has 226 valence electrons. The normalized spacial score (nSPS) is 24.5. The van der Waals surface area contributed by atoms with Gasteiger partial charge in [-0.05, 0) is 48.2 Å². The summed E-state index contributed by atoms with van der Waals surface area (Å²) in [7, 11) is -2.53. The van der Waals surface area contributed by atoms with Gasteiger partial charge in [0.2, 0.25) is 0 Å². The molecule has 0 amide bonds. The SMILES string of the molecule is CC[Si](CC)(CC)O[C@@H]1C([C@H](O)[C@H](O)CO[Si](C)(C)C(C)(C)C)C[C@@H](OCc2ccccc2)C[C@H]1OCOC. The third kappa shape index (κ3) is 9.72. The van der Waals surface area contributed by atoms with Crippen molar-refractivity contribution >= 4 is 16.6 Å². The summed E-state index contributed by atoms with van der Waals surface area (Å²) in [5.74, 6) is -0.365. The van der Waals surface area contributed by atoms with E-state index in [0.717, 1.165) is 23.7 Å². The van der Waals surface area contributed by atoms with E-state index in [1.165, 1.54) is 0 Å². The molecule has 0 bridgehead atoms. The van der Waals surface area contributed by atoms with E-state index >= 15 is 0 Å². The highest BCUT2D eigenvalue weighted by atomic mass is 28.4. The molecular formula is C30H56O7Si2. The number of benzene rings is 1. The first-order valence-corrected chi connectivity index (χ1v) is 20.2. The van der Waals surface area contributed by atoms with Crippen molar-refractivity contribution in [1.82, 2.24) is 0 Å². The summed E-state index contributed by atoms with van der Waals surface area (Å²) in [4.78, 5) is 0. The van der Waals surface area contributed by atoms with Gasteiger partial charge in [-0.3, -0.25) is 0 Å². The molecule has 1 aliphatic rings. The fraction of sp³-hybridized carbons (Fsp3) is 0.800. The van der Waals surface area contributed by atoms with Crippen molar-refractivity contribution in [3.05, 3.63) is 35.9 Å². The second-order valence-electron chi connectivity index (χ2n) is 12.6. The number of rotatable bonds is 16. The van der Waals surface area contributed by atoms with Crippen molar-refractivity contribution < 1.29 is 33.3 Å². The van der Waals surface area contributed by atoms with E-state index in [-0.39, 0.29) is 42.7 Å². The standard InChI is InChI=1S/C30H56O7Si2/c1-10-39(11-2,12-3)37-29-25(28(32)26(31)21-36-38(8,9)30(4,5)6)18-24(19-27(29)35-22-33-7)34-20-23-16-14-13-15-17-23/h13-17,24-29,31-32H,10-12,18-22H2,1-9H3/t24-,25?,26-,27-,28+,29-/m1/s1. The zero-order valence-corrected chi connectivity index (χ0v) is 27.9. The molecule has 2 rings (SSSR count). The van der Waals surface area contributed by atoms with Crippen LogP contribution in [0.2, 0.25) is 36.3 Å². The van der Waals surface area contributed by atoms with E-state index in [1.54, 1.807) is 7.11 Å². The molecule has 6 atom stereocenters. The minimum Gasteiger partial charge on any atom is -0.414 e. The topological polar surface area (TPSA) is 86.6 Å². The lowest BCUT2D eigenvalue weighted by molar-refractivity contribution is -0.184. The Morgan fingerprint density at radius 1 is 0.949 bits per heavy atom. The van der Waals surface area contributed by atoms with Gasteiger partial charge in [0.05, 0.1) is 37.6 Å². The van der Waals surface area contributed by atoms with Crippen LogP contribution < -0.4 is 0 Å². The molecular weight excluding hydrogens is 528 g/mol. The van der Waals surface area contributed by atoms with Gasteiger partial charge in [0.25, 0.3) is 0 Å². The smallest absolute Gasteiger partial charge is 0.192 e. The van der Waals surface area contributed by atoms with Crippen LogP contribution in [0.1, 0.15) is 59.9 Å². The summed E-state index contributed by atoms with van der Waals surface area (Å²) >= 11 is 0. The van der Waals surface area contributed by atoms with Crippen LogP contribution in [0.25, 0.3) is 0 Å². The highest BCUT2D eigenvalue weighted by Crippen LogP contribution is 2.40. The van der Waals surface area contributed by atoms with Crippen molar-refractivity contribution in [3.63, 3.8) is 0 Å². The van der Waals surface area contributed by atoms with Crippen LogP contribution in [-0.2, 0) is 29.7 Å². The average molecular weight is 585 g/mol. The monoisotopic (exact) mass is 584 g/mol. The average Bonchev–Trinajstić information content (AvgIpc) is 2.92. The molecule has 1 fully saturated rings. The van der Waals surface area contributed by atoms with Gasteiger partial charge < -0.3 is 33.3 Å². The van der Waals surface area contributed by atoms with Crippen molar-refractivity contribution in [2.45, 2.75) is 128 Å². The van der Waals surface area contributed by atoms with E-state index in [9.17, 15) is 10.2 Å². The van der Waals surface area contributed by atoms with E-state index in [2.05, 4.69) is 54.6 Å². The van der Waals surface area contributed by atoms with Gasteiger partial charge in [-0.2, -0.15) is 0 Å². The third-order valence-corrected chi connectivity index (χ3v) is 18.3. The first-order valence-electron chi connectivity index (χ1n) is 14.8. The van der Waals surface area contributed by atoms with Gasteiger partial charge in [0.1, 0.15) is 12.9 Å². The zero-order chi connectivity index (χ0) is 29.3. The van der Waals surface area contributed by atoms with E-state index < -0.39 is 28.8 Å². The predicted molar refractivity (Wildman–Crippen MR) is 162 cm³/mol. The van der Waals surface area contributed by atoms with Crippen molar-refractivity contribution in [1.29, 1.82) is 0 Å². The van der Waals surface area contributed by atoms with Gasteiger partial charge in [-0.15, -0.1) is 0 Å². The van der Waals surface area contributed by atoms with E-state index in [1.807, 2.05) is 30.3 Å². The molecule has 1 unspecified atom stereocenters. The molecule has 0 spiro atoms. The summed E-state index contributed by atoms with van der Waals surface area (Å²) in [6, 6.07) is 13.1. The van der Waals surface area contributed by atoms with Crippen LogP contribution in [0.4, 0.5) is 0 Å². The molecule has 1 aromatic rings. The quantitative estimate of drug-likeness (QED) is 0.179. The van der Waals surface area contributed by atoms with Crippen LogP contribution in [0, 0.1) is 5.92 Å². The van der Waals surface area contributed by atoms with Crippen LogP contribution >= 0.6 is 0 Å². The summed E-state index contributed by atoms with van der Waals surface area (Å²) in [6.07, 6.45) is -1.68. The van der Waals surface area contributed by atoms with Crippen molar-refractivity contribution in [2.75, 3.05) is 20.5 Å². The summed E-state index contributed by atoms with van der Waals surface area (Å²) in [6.45, 7) is 18.1. The Bertz CT molecular complexity index is 805. The minimum atomic E-state index is -2.09. The molecule has 0 aliphatic heterocycles. The first-order chi connectivity index (χ1) is 18.3. The molecule has 0 radical (unpaired) electrons. The maximum atomic E-state index is 11.7. The highest BCUT2D eigenvalue weighted by molar-refractivity contribution is 6.74.